The first-order chi connectivity index (χ1) is 11.7. The topological polar surface area (TPSA) is 95.1 Å². The number of rotatable bonds is 2. The lowest BCUT2D eigenvalue weighted by molar-refractivity contribution is 0.0855. The highest BCUT2D eigenvalue weighted by Gasteiger charge is 2.33. The number of aromatic nitrogens is 2. The quantitative estimate of drug-likeness (QED) is 0.776. The molecule has 1 aromatic heterocycles. The molecule has 0 bridgehead atoms. The van der Waals surface area contributed by atoms with Gasteiger partial charge in [-0.05, 0) is 18.1 Å². The Morgan fingerprint density at radius 3 is 2.64 bits per heavy atom. The smallest absolute Gasteiger partial charge is 0.264 e. The Balaban J connectivity index is 1.91. The minimum atomic E-state index is -0.706. The molecule has 2 aromatic rings. The molecule has 1 heterocycles. The zero-order valence-electron chi connectivity index (χ0n) is 14.9. The zero-order chi connectivity index (χ0) is 18.4. The minimum Gasteiger partial charge on any atom is -0.390 e. The molecule has 0 saturated heterocycles. The lowest BCUT2D eigenvalue weighted by Crippen LogP contribution is -2.38. The molecule has 0 fully saturated rings. The summed E-state index contributed by atoms with van der Waals surface area (Å²) in [5, 5.41) is 13.1. The molecular formula is C19H23N3O3. The minimum absolute atomic E-state index is 0.00965. The van der Waals surface area contributed by atoms with E-state index < -0.39 is 23.6 Å². The number of carbonyl (C=O) groups is 1. The van der Waals surface area contributed by atoms with Gasteiger partial charge in [0, 0.05) is 11.8 Å². The van der Waals surface area contributed by atoms with Gasteiger partial charge in [-0.3, -0.25) is 9.59 Å². The summed E-state index contributed by atoms with van der Waals surface area (Å²) in [5.41, 5.74) is 1.48. The molecule has 1 aliphatic rings. The summed E-state index contributed by atoms with van der Waals surface area (Å²) in [7, 11) is 0. The number of nitrogens with zero attached hydrogens (tertiary/aromatic N) is 1. The summed E-state index contributed by atoms with van der Waals surface area (Å²) in [4.78, 5) is 32.2. The van der Waals surface area contributed by atoms with Crippen LogP contribution in [0.25, 0.3) is 0 Å². The van der Waals surface area contributed by atoms with Gasteiger partial charge in [0.15, 0.2) is 0 Å². The molecule has 3 rings (SSSR count). The first kappa shape index (κ1) is 17.4. The normalized spacial score (nSPS) is 19.6. The molecule has 1 aromatic carbocycles. The van der Waals surface area contributed by atoms with Crippen LogP contribution in [0.1, 0.15) is 59.8 Å². The number of hydrogen-bond acceptors (Lipinski definition) is 4. The van der Waals surface area contributed by atoms with Crippen molar-refractivity contribution in [3.8, 4) is 0 Å². The van der Waals surface area contributed by atoms with Crippen LogP contribution in [0.15, 0.2) is 29.1 Å². The summed E-state index contributed by atoms with van der Waals surface area (Å²) < 4.78 is 0. The number of amides is 1. The van der Waals surface area contributed by atoms with Crippen LogP contribution in [0.3, 0.4) is 0 Å². The van der Waals surface area contributed by atoms with Crippen LogP contribution in [-0.2, 0) is 11.8 Å². The maximum absolute atomic E-state index is 12.7. The van der Waals surface area contributed by atoms with Crippen molar-refractivity contribution in [1.29, 1.82) is 0 Å². The molecule has 0 radical (unpaired) electrons. The SMILES string of the molecule is Cc1nc(C(C)(C)C)[nH]c(=O)c1C(=O)N[C@H]1c2ccccc2C[C@@H]1O. The van der Waals surface area contributed by atoms with Crippen LogP contribution in [0.4, 0.5) is 0 Å². The van der Waals surface area contributed by atoms with Crippen molar-refractivity contribution in [3.05, 3.63) is 62.8 Å². The maximum atomic E-state index is 12.7. The van der Waals surface area contributed by atoms with E-state index in [1.54, 1.807) is 6.92 Å². The van der Waals surface area contributed by atoms with Gasteiger partial charge in [-0.1, -0.05) is 45.0 Å². The second-order valence-corrected chi connectivity index (χ2v) is 7.55. The first-order valence-electron chi connectivity index (χ1n) is 8.36. The number of aliphatic hydroxyl groups excluding tert-OH is 1. The number of benzene rings is 1. The Bertz CT molecular complexity index is 880. The standard InChI is InChI=1S/C19H23N3O3/c1-10-14(17(25)22-18(20-10)19(2,3)4)16(24)21-15-12-8-6-5-7-11(12)9-13(15)23/h5-8,13,15,23H,9H2,1-4H3,(H,21,24)(H,20,22,25)/t13-,15-/m0/s1. The van der Waals surface area contributed by atoms with E-state index in [0.717, 1.165) is 11.1 Å². The number of fused-ring (bicyclic) bond motifs is 1. The van der Waals surface area contributed by atoms with Gasteiger partial charge < -0.3 is 15.4 Å². The van der Waals surface area contributed by atoms with Gasteiger partial charge in [0.05, 0.1) is 17.8 Å². The highest BCUT2D eigenvalue weighted by Crippen LogP contribution is 2.31. The largest absolute Gasteiger partial charge is 0.390 e. The average molecular weight is 341 g/mol. The monoisotopic (exact) mass is 341 g/mol. The van der Waals surface area contributed by atoms with E-state index in [1.165, 1.54) is 0 Å². The predicted molar refractivity (Wildman–Crippen MR) is 94.7 cm³/mol. The Hall–Kier alpha value is -2.47. The molecule has 6 nitrogen and oxygen atoms in total. The van der Waals surface area contributed by atoms with E-state index in [1.807, 2.05) is 45.0 Å². The third-order valence-corrected chi connectivity index (χ3v) is 4.53. The molecule has 6 heteroatoms. The maximum Gasteiger partial charge on any atom is 0.264 e. The summed E-state index contributed by atoms with van der Waals surface area (Å²) in [6.45, 7) is 7.47. The molecule has 3 N–H and O–H groups in total. The van der Waals surface area contributed by atoms with E-state index in [4.69, 9.17) is 0 Å². The van der Waals surface area contributed by atoms with Crippen molar-refractivity contribution >= 4 is 5.91 Å². The third kappa shape index (κ3) is 3.22. The van der Waals surface area contributed by atoms with Crippen molar-refractivity contribution in [3.63, 3.8) is 0 Å². The molecule has 132 valence electrons. The molecule has 1 aliphatic carbocycles. The van der Waals surface area contributed by atoms with Crippen LogP contribution in [0, 0.1) is 6.92 Å². The molecule has 0 unspecified atom stereocenters. The van der Waals surface area contributed by atoms with Gasteiger partial charge >= 0.3 is 0 Å². The highest BCUT2D eigenvalue weighted by atomic mass is 16.3. The molecule has 0 saturated carbocycles. The van der Waals surface area contributed by atoms with Crippen molar-refractivity contribution in [2.75, 3.05) is 0 Å². The predicted octanol–water partition coefficient (Wildman–Crippen LogP) is 1.76. The van der Waals surface area contributed by atoms with E-state index in [9.17, 15) is 14.7 Å². The number of aliphatic hydroxyl groups is 1. The van der Waals surface area contributed by atoms with Crippen LogP contribution in [0.2, 0.25) is 0 Å². The van der Waals surface area contributed by atoms with Crippen molar-refractivity contribution in [1.82, 2.24) is 15.3 Å². The van der Waals surface area contributed by atoms with Crippen LogP contribution in [-0.4, -0.2) is 27.1 Å². The number of aromatic amines is 1. The van der Waals surface area contributed by atoms with Crippen molar-refractivity contribution in [2.24, 2.45) is 0 Å². The summed E-state index contributed by atoms with van der Waals surface area (Å²) >= 11 is 0. The Labute approximate surface area is 146 Å². The molecule has 0 spiro atoms. The first-order valence-corrected chi connectivity index (χ1v) is 8.36. The fourth-order valence-electron chi connectivity index (χ4n) is 3.17. The molecule has 25 heavy (non-hydrogen) atoms. The van der Waals surface area contributed by atoms with Gasteiger partial charge in [0.25, 0.3) is 11.5 Å². The van der Waals surface area contributed by atoms with E-state index in [0.29, 0.717) is 17.9 Å². The van der Waals surface area contributed by atoms with Gasteiger partial charge in [0.2, 0.25) is 0 Å². The number of nitrogens with one attached hydrogen (secondary N) is 2. The zero-order valence-corrected chi connectivity index (χ0v) is 14.9. The number of carbonyl (C=O) groups excluding carboxylic acids is 1. The van der Waals surface area contributed by atoms with Crippen LogP contribution >= 0.6 is 0 Å². The molecule has 1 amide bonds. The van der Waals surface area contributed by atoms with Crippen LogP contribution in [0.5, 0.6) is 0 Å². The second kappa shape index (κ2) is 6.11. The van der Waals surface area contributed by atoms with Crippen LogP contribution < -0.4 is 10.9 Å². The highest BCUT2D eigenvalue weighted by molar-refractivity contribution is 5.95. The van der Waals surface area contributed by atoms with Gasteiger partial charge in [0.1, 0.15) is 11.4 Å². The third-order valence-electron chi connectivity index (χ3n) is 4.53. The summed E-state index contributed by atoms with van der Waals surface area (Å²) in [5.74, 6) is 0.0188. The number of aryl methyl sites for hydroxylation is 1. The van der Waals surface area contributed by atoms with E-state index in [-0.39, 0.29) is 11.0 Å². The molecular weight excluding hydrogens is 318 g/mol. The Kier molecular flexibility index (Phi) is 4.24. The van der Waals surface area contributed by atoms with Gasteiger partial charge in [-0.25, -0.2) is 4.98 Å². The molecule has 2 atom stereocenters. The molecule has 0 aliphatic heterocycles. The van der Waals surface area contributed by atoms with Crippen molar-refractivity contribution < 1.29 is 9.90 Å². The van der Waals surface area contributed by atoms with Gasteiger partial charge in [-0.15, -0.1) is 0 Å². The summed E-state index contributed by atoms with van der Waals surface area (Å²) in [6, 6.07) is 7.06. The fraction of sp³-hybridized carbons (Fsp3) is 0.421. The lowest BCUT2D eigenvalue weighted by Gasteiger charge is -2.20. The lowest BCUT2D eigenvalue weighted by atomic mass is 9.95. The van der Waals surface area contributed by atoms with E-state index in [2.05, 4.69) is 15.3 Å². The fourth-order valence-corrected chi connectivity index (χ4v) is 3.17. The van der Waals surface area contributed by atoms with E-state index >= 15 is 0 Å². The number of hydrogen-bond donors (Lipinski definition) is 3. The average Bonchev–Trinajstić information content (AvgIpc) is 2.82. The Morgan fingerprint density at radius 1 is 1.32 bits per heavy atom. The van der Waals surface area contributed by atoms with Crippen molar-refractivity contribution in [2.45, 2.75) is 51.7 Å². The summed E-state index contributed by atoms with van der Waals surface area (Å²) in [6.07, 6.45) is -0.222. The Morgan fingerprint density at radius 2 is 2.00 bits per heavy atom. The van der Waals surface area contributed by atoms with Gasteiger partial charge in [-0.2, -0.15) is 0 Å². The second-order valence-electron chi connectivity index (χ2n) is 7.55. The number of H-pyrrole nitrogens is 1.